The molecule has 0 aromatic carbocycles. The molecule has 4 heteroatoms. The number of hydrogen-bond acceptors (Lipinski definition) is 4. The summed E-state index contributed by atoms with van der Waals surface area (Å²) in [4.78, 5) is 4.11. The Kier molecular flexibility index (Phi) is 2.24. The van der Waals surface area contributed by atoms with Crippen LogP contribution >= 0.6 is 0 Å². The van der Waals surface area contributed by atoms with E-state index in [1.165, 1.54) is 0 Å². The summed E-state index contributed by atoms with van der Waals surface area (Å²) in [6, 6.07) is -0.171. The third kappa shape index (κ3) is 1.77. The van der Waals surface area contributed by atoms with Crippen molar-refractivity contribution in [3.8, 4) is 0 Å². The van der Waals surface area contributed by atoms with Crippen LogP contribution in [0.1, 0.15) is 44.4 Å². The summed E-state index contributed by atoms with van der Waals surface area (Å²) in [5, 5.41) is 3.77. The van der Waals surface area contributed by atoms with E-state index in [0.717, 1.165) is 5.82 Å². The van der Waals surface area contributed by atoms with Crippen LogP contribution in [-0.4, -0.2) is 10.1 Å². The van der Waals surface area contributed by atoms with E-state index in [0.29, 0.717) is 11.8 Å². The van der Waals surface area contributed by atoms with E-state index in [2.05, 4.69) is 10.1 Å². The normalized spacial score (nSPS) is 13.9. The van der Waals surface area contributed by atoms with Crippen LogP contribution in [0.15, 0.2) is 4.52 Å². The second-order valence-electron chi connectivity index (χ2n) is 2.93. The SMILES string of the molecule is CC(C)c1noc([C@@H](C)N)n1. The van der Waals surface area contributed by atoms with Crippen LogP contribution in [0.2, 0.25) is 0 Å². The standard InChI is InChI=1S/C7H13N3O/c1-4(2)6-9-7(5(3)8)11-10-6/h4-5H,8H2,1-3H3/t5-/m1/s1. The summed E-state index contributed by atoms with van der Waals surface area (Å²) in [6.07, 6.45) is 0. The molecule has 0 radical (unpaired) electrons. The molecule has 0 aliphatic heterocycles. The quantitative estimate of drug-likeness (QED) is 0.697. The van der Waals surface area contributed by atoms with E-state index in [9.17, 15) is 0 Å². The van der Waals surface area contributed by atoms with Gasteiger partial charge in [-0.05, 0) is 6.92 Å². The molecular weight excluding hydrogens is 142 g/mol. The second kappa shape index (κ2) is 3.00. The van der Waals surface area contributed by atoms with Gasteiger partial charge >= 0.3 is 0 Å². The highest BCUT2D eigenvalue weighted by Gasteiger charge is 2.11. The molecule has 0 bridgehead atoms. The van der Waals surface area contributed by atoms with Crippen molar-refractivity contribution in [2.45, 2.75) is 32.7 Å². The van der Waals surface area contributed by atoms with Crippen molar-refractivity contribution in [1.29, 1.82) is 0 Å². The summed E-state index contributed by atoms with van der Waals surface area (Å²) in [5.74, 6) is 1.53. The predicted octanol–water partition coefficient (Wildman–Crippen LogP) is 1.21. The van der Waals surface area contributed by atoms with Gasteiger partial charge in [-0.2, -0.15) is 4.98 Å². The maximum Gasteiger partial charge on any atom is 0.243 e. The smallest absolute Gasteiger partial charge is 0.243 e. The van der Waals surface area contributed by atoms with Crippen LogP contribution in [0, 0.1) is 0 Å². The molecule has 0 amide bonds. The summed E-state index contributed by atoms with van der Waals surface area (Å²) in [5.41, 5.74) is 5.53. The lowest BCUT2D eigenvalue weighted by Crippen LogP contribution is -2.05. The summed E-state index contributed by atoms with van der Waals surface area (Å²) >= 11 is 0. The molecule has 1 heterocycles. The van der Waals surface area contributed by atoms with E-state index in [1.807, 2.05) is 20.8 Å². The van der Waals surface area contributed by atoms with Gasteiger partial charge in [-0.3, -0.25) is 0 Å². The van der Waals surface area contributed by atoms with Crippen LogP contribution in [0.5, 0.6) is 0 Å². The Morgan fingerprint density at radius 3 is 2.27 bits per heavy atom. The molecule has 2 N–H and O–H groups in total. The molecule has 0 aliphatic carbocycles. The fourth-order valence-electron chi connectivity index (χ4n) is 0.667. The monoisotopic (exact) mass is 155 g/mol. The van der Waals surface area contributed by atoms with Gasteiger partial charge in [-0.25, -0.2) is 0 Å². The lowest BCUT2D eigenvalue weighted by atomic mass is 10.2. The van der Waals surface area contributed by atoms with Crippen molar-refractivity contribution >= 4 is 0 Å². The Balaban J connectivity index is 2.82. The minimum Gasteiger partial charge on any atom is -0.338 e. The molecule has 0 unspecified atom stereocenters. The molecule has 4 nitrogen and oxygen atoms in total. The van der Waals surface area contributed by atoms with Crippen LogP contribution in [0.4, 0.5) is 0 Å². The lowest BCUT2D eigenvalue weighted by Gasteiger charge is -1.94. The summed E-state index contributed by atoms with van der Waals surface area (Å²) < 4.78 is 4.90. The van der Waals surface area contributed by atoms with E-state index < -0.39 is 0 Å². The molecule has 0 aliphatic rings. The van der Waals surface area contributed by atoms with Crippen LogP contribution < -0.4 is 5.73 Å². The molecular formula is C7H13N3O. The first-order chi connectivity index (χ1) is 5.11. The minimum atomic E-state index is -0.171. The van der Waals surface area contributed by atoms with Crippen LogP contribution in [0.25, 0.3) is 0 Å². The van der Waals surface area contributed by atoms with Gasteiger partial charge in [0.25, 0.3) is 0 Å². The molecule has 1 rings (SSSR count). The number of nitrogens with two attached hydrogens (primary N) is 1. The summed E-state index contributed by atoms with van der Waals surface area (Å²) in [6.45, 7) is 5.84. The van der Waals surface area contributed by atoms with E-state index in [1.54, 1.807) is 0 Å². The average molecular weight is 155 g/mol. The Hall–Kier alpha value is -0.900. The topological polar surface area (TPSA) is 64.9 Å². The highest BCUT2D eigenvalue weighted by Crippen LogP contribution is 2.12. The Morgan fingerprint density at radius 1 is 1.36 bits per heavy atom. The van der Waals surface area contributed by atoms with Crippen molar-refractivity contribution in [1.82, 2.24) is 10.1 Å². The van der Waals surface area contributed by atoms with Crippen molar-refractivity contribution in [2.24, 2.45) is 5.73 Å². The Morgan fingerprint density at radius 2 is 2.00 bits per heavy atom. The fraction of sp³-hybridized carbons (Fsp3) is 0.714. The number of hydrogen-bond donors (Lipinski definition) is 1. The van der Waals surface area contributed by atoms with Crippen molar-refractivity contribution < 1.29 is 4.52 Å². The Bertz CT molecular complexity index is 207. The zero-order chi connectivity index (χ0) is 8.43. The fourth-order valence-corrected chi connectivity index (χ4v) is 0.667. The maximum atomic E-state index is 5.53. The first-order valence-electron chi connectivity index (χ1n) is 3.70. The number of nitrogens with zero attached hydrogens (tertiary/aromatic N) is 2. The van der Waals surface area contributed by atoms with Gasteiger partial charge in [0.15, 0.2) is 5.82 Å². The largest absolute Gasteiger partial charge is 0.338 e. The van der Waals surface area contributed by atoms with Gasteiger partial charge in [-0.1, -0.05) is 19.0 Å². The lowest BCUT2D eigenvalue weighted by molar-refractivity contribution is 0.356. The molecule has 1 aromatic rings. The molecule has 62 valence electrons. The van der Waals surface area contributed by atoms with E-state index in [-0.39, 0.29) is 6.04 Å². The molecule has 1 atom stereocenters. The summed E-state index contributed by atoms with van der Waals surface area (Å²) in [7, 11) is 0. The van der Waals surface area contributed by atoms with Gasteiger partial charge < -0.3 is 10.3 Å². The average Bonchev–Trinajstić information content (AvgIpc) is 2.33. The number of rotatable bonds is 2. The number of aromatic nitrogens is 2. The first kappa shape index (κ1) is 8.20. The maximum absolute atomic E-state index is 5.53. The van der Waals surface area contributed by atoms with Crippen molar-refractivity contribution in [2.75, 3.05) is 0 Å². The second-order valence-corrected chi connectivity index (χ2v) is 2.93. The minimum absolute atomic E-state index is 0.171. The molecule has 0 fully saturated rings. The highest BCUT2D eigenvalue weighted by atomic mass is 16.5. The third-order valence-electron chi connectivity index (χ3n) is 1.36. The molecule has 0 spiro atoms. The zero-order valence-electron chi connectivity index (χ0n) is 7.03. The molecule has 0 saturated heterocycles. The molecule has 11 heavy (non-hydrogen) atoms. The highest BCUT2D eigenvalue weighted by molar-refractivity contribution is 4.93. The van der Waals surface area contributed by atoms with Crippen LogP contribution in [0.3, 0.4) is 0 Å². The van der Waals surface area contributed by atoms with E-state index >= 15 is 0 Å². The zero-order valence-corrected chi connectivity index (χ0v) is 7.03. The Labute approximate surface area is 65.8 Å². The first-order valence-corrected chi connectivity index (χ1v) is 3.70. The predicted molar refractivity (Wildman–Crippen MR) is 41.0 cm³/mol. The van der Waals surface area contributed by atoms with Crippen molar-refractivity contribution in [3.63, 3.8) is 0 Å². The molecule has 1 aromatic heterocycles. The van der Waals surface area contributed by atoms with Gasteiger partial charge in [0.05, 0.1) is 6.04 Å². The van der Waals surface area contributed by atoms with Crippen molar-refractivity contribution in [3.05, 3.63) is 11.7 Å². The third-order valence-corrected chi connectivity index (χ3v) is 1.36. The van der Waals surface area contributed by atoms with Gasteiger partial charge in [0, 0.05) is 5.92 Å². The van der Waals surface area contributed by atoms with Gasteiger partial charge in [0.1, 0.15) is 0 Å². The van der Waals surface area contributed by atoms with E-state index in [4.69, 9.17) is 10.3 Å². The molecule has 0 saturated carbocycles. The van der Waals surface area contributed by atoms with Gasteiger partial charge in [0.2, 0.25) is 5.89 Å². The van der Waals surface area contributed by atoms with Crippen LogP contribution in [-0.2, 0) is 0 Å². The van der Waals surface area contributed by atoms with Gasteiger partial charge in [-0.15, -0.1) is 0 Å².